The standard InChI is InChI=1S/C12H17N3S2/c1-9(2)16-15(17-10(3)4)12-6-5-11(7-13)14-8-12/h5-6,8-10H,1-4H3. The average Bonchev–Trinajstić information content (AvgIpc) is 2.27. The van der Waals surface area contributed by atoms with Crippen molar-refractivity contribution in [3.8, 4) is 6.07 Å². The van der Waals surface area contributed by atoms with Gasteiger partial charge in [-0.25, -0.2) is 4.98 Å². The molecule has 1 aromatic rings. The maximum absolute atomic E-state index is 8.72. The van der Waals surface area contributed by atoms with Crippen LogP contribution in [0.2, 0.25) is 0 Å². The highest BCUT2D eigenvalue weighted by molar-refractivity contribution is 8.18. The fourth-order valence-corrected chi connectivity index (χ4v) is 3.55. The van der Waals surface area contributed by atoms with E-state index in [9.17, 15) is 0 Å². The van der Waals surface area contributed by atoms with Crippen molar-refractivity contribution < 1.29 is 0 Å². The predicted octanol–water partition coefficient (Wildman–Crippen LogP) is 3.87. The van der Waals surface area contributed by atoms with E-state index in [0.717, 1.165) is 5.69 Å². The molecule has 0 radical (unpaired) electrons. The second-order valence-electron chi connectivity index (χ2n) is 4.08. The van der Waals surface area contributed by atoms with Crippen LogP contribution in [0, 0.1) is 11.3 Å². The Bertz CT molecular complexity index is 372. The minimum Gasteiger partial charge on any atom is -0.256 e. The minimum absolute atomic E-state index is 0.456. The molecule has 0 aromatic carbocycles. The molecule has 0 aliphatic rings. The molecule has 1 heterocycles. The van der Waals surface area contributed by atoms with E-state index in [1.54, 1.807) is 36.2 Å². The predicted molar refractivity (Wildman–Crippen MR) is 76.9 cm³/mol. The third-order valence-corrected chi connectivity index (χ3v) is 3.85. The van der Waals surface area contributed by atoms with Crippen molar-refractivity contribution in [2.24, 2.45) is 0 Å². The number of anilines is 1. The maximum Gasteiger partial charge on any atom is 0.140 e. The van der Waals surface area contributed by atoms with Crippen LogP contribution in [0.25, 0.3) is 0 Å². The van der Waals surface area contributed by atoms with Crippen LogP contribution in [-0.4, -0.2) is 15.5 Å². The summed E-state index contributed by atoms with van der Waals surface area (Å²) in [7, 11) is 0. The maximum atomic E-state index is 8.72. The largest absolute Gasteiger partial charge is 0.256 e. The molecule has 0 saturated heterocycles. The van der Waals surface area contributed by atoms with Gasteiger partial charge in [-0.3, -0.25) is 3.71 Å². The van der Waals surface area contributed by atoms with Gasteiger partial charge in [0.2, 0.25) is 0 Å². The Morgan fingerprint density at radius 2 is 1.76 bits per heavy atom. The van der Waals surface area contributed by atoms with Gasteiger partial charge in [0.05, 0.1) is 11.9 Å². The molecular formula is C12H17N3S2. The quantitative estimate of drug-likeness (QED) is 0.757. The van der Waals surface area contributed by atoms with Crippen molar-refractivity contribution in [1.82, 2.24) is 4.98 Å². The topological polar surface area (TPSA) is 39.9 Å². The third-order valence-electron chi connectivity index (χ3n) is 1.69. The molecule has 17 heavy (non-hydrogen) atoms. The van der Waals surface area contributed by atoms with Gasteiger partial charge in [0.25, 0.3) is 0 Å². The Kier molecular flexibility index (Phi) is 5.66. The summed E-state index contributed by atoms with van der Waals surface area (Å²) in [6.45, 7) is 8.65. The van der Waals surface area contributed by atoms with Crippen molar-refractivity contribution >= 4 is 29.6 Å². The summed E-state index contributed by atoms with van der Waals surface area (Å²) in [6, 6.07) is 5.73. The van der Waals surface area contributed by atoms with E-state index in [2.05, 4.69) is 36.4 Å². The van der Waals surface area contributed by atoms with Gasteiger partial charge in [-0.1, -0.05) is 27.7 Å². The molecule has 0 aliphatic heterocycles. The Labute approximate surface area is 112 Å². The number of nitriles is 1. The average molecular weight is 267 g/mol. The third kappa shape index (κ3) is 4.88. The van der Waals surface area contributed by atoms with Crippen LogP contribution in [0.1, 0.15) is 33.4 Å². The molecule has 92 valence electrons. The molecule has 0 atom stereocenters. The lowest BCUT2D eigenvalue weighted by molar-refractivity contribution is 1.10. The van der Waals surface area contributed by atoms with Gasteiger partial charge in [-0.2, -0.15) is 5.26 Å². The van der Waals surface area contributed by atoms with E-state index >= 15 is 0 Å². The second-order valence-corrected chi connectivity index (χ2v) is 7.35. The molecule has 0 spiro atoms. The van der Waals surface area contributed by atoms with Crippen LogP contribution in [0.15, 0.2) is 18.3 Å². The van der Waals surface area contributed by atoms with Gasteiger partial charge in [-0.15, -0.1) is 0 Å². The molecule has 0 bridgehead atoms. The van der Waals surface area contributed by atoms with Crippen LogP contribution in [0.5, 0.6) is 0 Å². The Hall–Kier alpha value is -0.860. The molecule has 0 amide bonds. The zero-order valence-corrected chi connectivity index (χ0v) is 12.2. The normalized spacial score (nSPS) is 10.6. The molecule has 0 N–H and O–H groups in total. The number of hydrogen-bond donors (Lipinski definition) is 0. The first kappa shape index (κ1) is 14.2. The molecular weight excluding hydrogens is 250 g/mol. The highest BCUT2D eigenvalue weighted by Gasteiger charge is 2.13. The van der Waals surface area contributed by atoms with Crippen molar-refractivity contribution in [2.45, 2.75) is 38.2 Å². The van der Waals surface area contributed by atoms with Gasteiger partial charge in [0.15, 0.2) is 0 Å². The molecule has 0 unspecified atom stereocenters. The Morgan fingerprint density at radius 1 is 1.18 bits per heavy atom. The minimum atomic E-state index is 0.456. The lowest BCUT2D eigenvalue weighted by Crippen LogP contribution is -2.11. The Morgan fingerprint density at radius 3 is 2.12 bits per heavy atom. The molecule has 1 rings (SSSR count). The van der Waals surface area contributed by atoms with Gasteiger partial charge >= 0.3 is 0 Å². The molecule has 0 aliphatic carbocycles. The summed E-state index contributed by atoms with van der Waals surface area (Å²) >= 11 is 3.54. The van der Waals surface area contributed by atoms with Gasteiger partial charge < -0.3 is 0 Å². The second kappa shape index (κ2) is 6.77. The lowest BCUT2D eigenvalue weighted by atomic mass is 10.3. The zero-order valence-electron chi connectivity index (χ0n) is 10.5. The monoisotopic (exact) mass is 267 g/mol. The SMILES string of the molecule is CC(C)SN(SC(C)C)c1ccc(C#N)nc1. The number of rotatable bonds is 5. The van der Waals surface area contributed by atoms with Gasteiger partial charge in [0.1, 0.15) is 11.8 Å². The first-order chi connectivity index (χ1) is 8.02. The van der Waals surface area contributed by atoms with Crippen LogP contribution in [-0.2, 0) is 0 Å². The lowest BCUT2D eigenvalue weighted by Gasteiger charge is -2.25. The van der Waals surface area contributed by atoms with Crippen LogP contribution in [0.4, 0.5) is 5.69 Å². The number of aromatic nitrogens is 1. The van der Waals surface area contributed by atoms with Gasteiger partial charge in [-0.05, 0) is 36.0 Å². The summed E-state index contributed by atoms with van der Waals surface area (Å²) in [5.41, 5.74) is 1.49. The van der Waals surface area contributed by atoms with E-state index in [1.807, 2.05) is 12.1 Å². The molecule has 3 nitrogen and oxygen atoms in total. The van der Waals surface area contributed by atoms with Crippen molar-refractivity contribution in [2.75, 3.05) is 3.71 Å². The van der Waals surface area contributed by atoms with E-state index < -0.39 is 0 Å². The summed E-state index contributed by atoms with van der Waals surface area (Å²) in [4.78, 5) is 4.10. The fraction of sp³-hybridized carbons (Fsp3) is 0.500. The first-order valence-corrected chi connectivity index (χ1v) is 7.20. The van der Waals surface area contributed by atoms with E-state index in [1.165, 1.54) is 0 Å². The molecule has 1 aromatic heterocycles. The number of pyridine rings is 1. The van der Waals surface area contributed by atoms with Crippen molar-refractivity contribution in [1.29, 1.82) is 5.26 Å². The van der Waals surface area contributed by atoms with Crippen LogP contribution >= 0.6 is 23.9 Å². The van der Waals surface area contributed by atoms with Crippen LogP contribution < -0.4 is 3.71 Å². The highest BCUT2D eigenvalue weighted by Crippen LogP contribution is 2.34. The Balaban J connectivity index is 2.84. The van der Waals surface area contributed by atoms with E-state index in [-0.39, 0.29) is 0 Å². The van der Waals surface area contributed by atoms with Crippen LogP contribution in [0.3, 0.4) is 0 Å². The zero-order chi connectivity index (χ0) is 12.8. The fourth-order valence-electron chi connectivity index (χ4n) is 1.09. The van der Waals surface area contributed by atoms with Crippen molar-refractivity contribution in [3.63, 3.8) is 0 Å². The summed E-state index contributed by atoms with van der Waals surface area (Å²) in [5, 5.41) is 9.74. The number of nitrogens with zero attached hydrogens (tertiary/aromatic N) is 3. The molecule has 0 saturated carbocycles. The smallest absolute Gasteiger partial charge is 0.140 e. The first-order valence-electron chi connectivity index (χ1n) is 5.52. The highest BCUT2D eigenvalue weighted by atomic mass is 32.2. The van der Waals surface area contributed by atoms with Crippen molar-refractivity contribution in [3.05, 3.63) is 24.0 Å². The van der Waals surface area contributed by atoms with Gasteiger partial charge in [0, 0.05) is 10.5 Å². The summed E-state index contributed by atoms with van der Waals surface area (Å²) in [6.07, 6.45) is 1.75. The molecule has 5 heteroatoms. The summed E-state index contributed by atoms with van der Waals surface area (Å²) in [5.74, 6) is 0. The number of hydrogen-bond acceptors (Lipinski definition) is 5. The molecule has 0 fully saturated rings. The summed E-state index contributed by atoms with van der Waals surface area (Å²) < 4.78 is 2.17. The van der Waals surface area contributed by atoms with E-state index in [4.69, 9.17) is 5.26 Å². The van der Waals surface area contributed by atoms with E-state index in [0.29, 0.717) is 16.2 Å².